The minimum Gasteiger partial charge on any atom is -0.245 e. The van der Waals surface area contributed by atoms with Gasteiger partial charge in [-0.25, -0.2) is 14.6 Å². The first-order valence-corrected chi connectivity index (χ1v) is 5.05. The molecule has 0 bridgehead atoms. The summed E-state index contributed by atoms with van der Waals surface area (Å²) in [6.07, 6.45) is 4.27. The van der Waals surface area contributed by atoms with E-state index >= 15 is 0 Å². The fraction of sp³-hybridized carbons (Fsp3) is 0.364. The van der Waals surface area contributed by atoms with Crippen molar-refractivity contribution in [2.24, 2.45) is 0 Å². The Morgan fingerprint density at radius 2 is 2.13 bits per heavy atom. The SMILES string of the molecule is CCc1c(C)nn(-c2ccncn2)c1C. The van der Waals surface area contributed by atoms with Crippen LogP contribution in [0.15, 0.2) is 18.6 Å². The van der Waals surface area contributed by atoms with Gasteiger partial charge in [0.15, 0.2) is 5.82 Å². The molecule has 0 saturated carbocycles. The molecule has 2 aromatic heterocycles. The molecule has 0 aromatic carbocycles. The summed E-state index contributed by atoms with van der Waals surface area (Å²) in [4.78, 5) is 8.09. The topological polar surface area (TPSA) is 43.6 Å². The van der Waals surface area contributed by atoms with Gasteiger partial charge in [0, 0.05) is 18.0 Å². The molecule has 78 valence electrons. The largest absolute Gasteiger partial charge is 0.245 e. The van der Waals surface area contributed by atoms with Crippen molar-refractivity contribution in [1.82, 2.24) is 19.7 Å². The van der Waals surface area contributed by atoms with Gasteiger partial charge in [0.05, 0.1) is 5.69 Å². The molecular formula is C11H14N4. The molecule has 0 saturated heterocycles. The van der Waals surface area contributed by atoms with Crippen LogP contribution in [0.1, 0.15) is 23.9 Å². The summed E-state index contributed by atoms with van der Waals surface area (Å²) in [7, 11) is 0. The van der Waals surface area contributed by atoms with Gasteiger partial charge in [-0.2, -0.15) is 5.10 Å². The smallest absolute Gasteiger partial charge is 0.156 e. The van der Waals surface area contributed by atoms with Gasteiger partial charge in [-0.05, 0) is 25.8 Å². The third-order valence-corrected chi connectivity index (χ3v) is 2.58. The van der Waals surface area contributed by atoms with E-state index in [1.54, 1.807) is 6.20 Å². The first-order valence-electron chi connectivity index (χ1n) is 5.05. The van der Waals surface area contributed by atoms with Crippen LogP contribution in [-0.4, -0.2) is 19.7 Å². The zero-order chi connectivity index (χ0) is 10.8. The van der Waals surface area contributed by atoms with Crippen molar-refractivity contribution >= 4 is 0 Å². The van der Waals surface area contributed by atoms with Gasteiger partial charge >= 0.3 is 0 Å². The Bertz CT molecular complexity index is 459. The number of hydrogen-bond donors (Lipinski definition) is 0. The maximum absolute atomic E-state index is 4.48. The van der Waals surface area contributed by atoms with E-state index in [4.69, 9.17) is 0 Å². The van der Waals surface area contributed by atoms with Crippen LogP contribution in [0.5, 0.6) is 0 Å². The van der Waals surface area contributed by atoms with Crippen molar-refractivity contribution in [2.75, 3.05) is 0 Å². The highest BCUT2D eigenvalue weighted by atomic mass is 15.3. The van der Waals surface area contributed by atoms with Crippen molar-refractivity contribution in [3.8, 4) is 5.82 Å². The van der Waals surface area contributed by atoms with Crippen LogP contribution in [0.4, 0.5) is 0 Å². The molecule has 4 heteroatoms. The zero-order valence-electron chi connectivity index (χ0n) is 9.23. The molecule has 0 aliphatic heterocycles. The summed E-state index contributed by atoms with van der Waals surface area (Å²) in [5, 5.41) is 4.48. The minimum atomic E-state index is 0.824. The predicted molar refractivity (Wildman–Crippen MR) is 58.0 cm³/mol. The summed E-state index contributed by atoms with van der Waals surface area (Å²) in [5.41, 5.74) is 3.54. The number of nitrogens with zero attached hydrogens (tertiary/aromatic N) is 4. The van der Waals surface area contributed by atoms with Crippen LogP contribution in [0.25, 0.3) is 5.82 Å². The Balaban J connectivity index is 2.55. The molecule has 0 radical (unpaired) electrons. The van der Waals surface area contributed by atoms with Gasteiger partial charge < -0.3 is 0 Å². The van der Waals surface area contributed by atoms with Crippen molar-refractivity contribution in [2.45, 2.75) is 27.2 Å². The fourth-order valence-electron chi connectivity index (χ4n) is 1.82. The summed E-state index contributed by atoms with van der Waals surface area (Å²) >= 11 is 0. The van der Waals surface area contributed by atoms with Gasteiger partial charge in [-0.3, -0.25) is 0 Å². The van der Waals surface area contributed by atoms with Gasteiger partial charge in [0.2, 0.25) is 0 Å². The van der Waals surface area contributed by atoms with E-state index < -0.39 is 0 Å². The molecule has 2 heterocycles. The lowest BCUT2D eigenvalue weighted by Gasteiger charge is -2.02. The maximum atomic E-state index is 4.48. The van der Waals surface area contributed by atoms with Crippen molar-refractivity contribution in [3.05, 3.63) is 35.5 Å². The van der Waals surface area contributed by atoms with Crippen molar-refractivity contribution in [3.63, 3.8) is 0 Å². The highest BCUT2D eigenvalue weighted by Crippen LogP contribution is 2.16. The number of aromatic nitrogens is 4. The average Bonchev–Trinajstić information content (AvgIpc) is 2.55. The van der Waals surface area contributed by atoms with E-state index in [9.17, 15) is 0 Å². The van der Waals surface area contributed by atoms with Gasteiger partial charge in [0.25, 0.3) is 0 Å². The summed E-state index contributed by atoms with van der Waals surface area (Å²) < 4.78 is 1.87. The average molecular weight is 202 g/mol. The van der Waals surface area contributed by atoms with Gasteiger partial charge in [-0.1, -0.05) is 6.92 Å². The molecule has 0 aliphatic carbocycles. The van der Waals surface area contributed by atoms with Gasteiger partial charge in [0.1, 0.15) is 6.33 Å². The Morgan fingerprint density at radius 1 is 1.33 bits per heavy atom. The molecule has 0 spiro atoms. The molecule has 0 amide bonds. The second-order valence-electron chi connectivity index (χ2n) is 3.48. The second-order valence-corrected chi connectivity index (χ2v) is 3.48. The second kappa shape index (κ2) is 3.81. The molecule has 0 fully saturated rings. The van der Waals surface area contributed by atoms with E-state index in [1.165, 1.54) is 11.9 Å². The third-order valence-electron chi connectivity index (χ3n) is 2.58. The zero-order valence-corrected chi connectivity index (χ0v) is 9.23. The normalized spacial score (nSPS) is 10.6. The molecule has 2 aromatic rings. The molecule has 0 aliphatic rings. The number of aryl methyl sites for hydroxylation is 1. The standard InChI is InChI=1S/C11H14N4/c1-4-10-8(2)14-15(9(10)3)11-5-6-12-7-13-11/h5-7H,4H2,1-3H3. The Morgan fingerprint density at radius 3 is 2.67 bits per heavy atom. The highest BCUT2D eigenvalue weighted by Gasteiger charge is 2.11. The minimum absolute atomic E-state index is 0.824. The number of rotatable bonds is 2. The molecule has 2 rings (SSSR count). The van der Waals surface area contributed by atoms with E-state index in [0.717, 1.165) is 23.6 Å². The predicted octanol–water partition coefficient (Wildman–Crippen LogP) is 1.84. The first-order chi connectivity index (χ1) is 7.24. The summed E-state index contributed by atoms with van der Waals surface area (Å²) in [6.45, 7) is 6.24. The first kappa shape index (κ1) is 9.83. The molecule has 0 atom stereocenters. The molecule has 0 N–H and O–H groups in total. The van der Waals surface area contributed by atoms with Crippen LogP contribution in [0.2, 0.25) is 0 Å². The van der Waals surface area contributed by atoms with Crippen LogP contribution < -0.4 is 0 Å². The van der Waals surface area contributed by atoms with Crippen molar-refractivity contribution < 1.29 is 0 Å². The Labute approximate surface area is 89.0 Å². The lowest BCUT2D eigenvalue weighted by molar-refractivity contribution is 0.799. The van der Waals surface area contributed by atoms with Crippen LogP contribution in [-0.2, 0) is 6.42 Å². The molecule has 0 unspecified atom stereocenters. The van der Waals surface area contributed by atoms with E-state index in [-0.39, 0.29) is 0 Å². The quantitative estimate of drug-likeness (QED) is 0.746. The lowest BCUT2D eigenvalue weighted by atomic mass is 10.1. The van der Waals surface area contributed by atoms with Crippen molar-refractivity contribution in [1.29, 1.82) is 0 Å². The molecule has 4 nitrogen and oxygen atoms in total. The maximum Gasteiger partial charge on any atom is 0.156 e. The Hall–Kier alpha value is -1.71. The lowest BCUT2D eigenvalue weighted by Crippen LogP contribution is -2.02. The molecular weight excluding hydrogens is 188 g/mol. The Kier molecular flexibility index (Phi) is 2.49. The van der Waals surface area contributed by atoms with E-state index in [0.29, 0.717) is 0 Å². The van der Waals surface area contributed by atoms with Crippen LogP contribution in [0.3, 0.4) is 0 Å². The highest BCUT2D eigenvalue weighted by molar-refractivity contribution is 5.31. The van der Waals surface area contributed by atoms with Crippen LogP contribution >= 0.6 is 0 Å². The van der Waals surface area contributed by atoms with E-state index in [1.807, 2.05) is 17.7 Å². The monoisotopic (exact) mass is 202 g/mol. The third kappa shape index (κ3) is 1.63. The van der Waals surface area contributed by atoms with Crippen LogP contribution in [0, 0.1) is 13.8 Å². The summed E-state index contributed by atoms with van der Waals surface area (Å²) in [5.74, 6) is 0.824. The summed E-state index contributed by atoms with van der Waals surface area (Å²) in [6, 6.07) is 1.86. The van der Waals surface area contributed by atoms with E-state index in [2.05, 4.69) is 28.9 Å². The fourth-order valence-corrected chi connectivity index (χ4v) is 1.82. The molecule has 15 heavy (non-hydrogen) atoms. The number of hydrogen-bond acceptors (Lipinski definition) is 3. The van der Waals surface area contributed by atoms with Gasteiger partial charge in [-0.15, -0.1) is 0 Å².